The highest BCUT2D eigenvalue weighted by Gasteiger charge is 2.51. The summed E-state index contributed by atoms with van der Waals surface area (Å²) in [6, 6.07) is 0. The first-order valence-corrected chi connectivity index (χ1v) is 32.4. The number of carbonyl (C=O) groups excluding carboxylic acids is 6. The van der Waals surface area contributed by atoms with Gasteiger partial charge in [0.25, 0.3) is 35.4 Å². The number of ether oxygens (including phenoxy) is 5. The summed E-state index contributed by atoms with van der Waals surface area (Å²) in [5, 5.41) is 260. The smallest absolute Gasteiger partial charge is 0.253 e. The van der Waals surface area contributed by atoms with Crippen molar-refractivity contribution in [2.75, 3.05) is 78.9 Å². The normalized spacial score (nSPS) is 30.0. The van der Waals surface area contributed by atoms with E-state index in [1.807, 2.05) is 0 Å². The van der Waals surface area contributed by atoms with Gasteiger partial charge in [-0.15, -0.1) is 0 Å². The number of rotatable bonds is 36. The molecule has 3 fully saturated rings. The van der Waals surface area contributed by atoms with E-state index in [2.05, 4.69) is 31.9 Å². The molecule has 0 bridgehead atoms. The Hall–Kier alpha value is -2.93. The zero-order valence-electron chi connectivity index (χ0n) is 50.1. The number of carbonyl (C=O) groups is 6. The molecule has 44 heteroatoms. The van der Waals surface area contributed by atoms with Gasteiger partial charge in [-0.2, -0.15) is 0 Å². The fourth-order valence-electron chi connectivity index (χ4n) is 9.91. The number of benzene rings is 1. The Morgan fingerprint density at radius 2 is 0.667 bits per heavy atom. The van der Waals surface area contributed by atoms with Gasteiger partial charge in [0.15, 0.2) is 30.9 Å². The number of aliphatic hydroxyl groups excluding tert-OH is 24. The van der Waals surface area contributed by atoms with Crippen LogP contribution in [0.4, 0.5) is 0 Å². The molecule has 1 aliphatic carbocycles. The lowest BCUT2D eigenvalue weighted by molar-refractivity contribution is -0.326. The zero-order chi connectivity index (χ0) is 72.5. The van der Waals surface area contributed by atoms with Gasteiger partial charge >= 0.3 is 0 Å². The Balaban J connectivity index is 1.53. The summed E-state index contributed by atoms with van der Waals surface area (Å²) < 4.78 is 26.1. The van der Waals surface area contributed by atoms with Crippen molar-refractivity contribution >= 4 is 103 Å². The second-order valence-corrected chi connectivity index (χ2v) is 25.4. The van der Waals surface area contributed by atoms with Crippen molar-refractivity contribution in [3.05, 3.63) is 27.4 Å². The first-order valence-electron chi connectivity index (χ1n) is 29.2. The number of hydrogen-bond donors (Lipinski definition) is 30. The molecule has 1 aromatic carbocycles. The Morgan fingerprint density at radius 1 is 0.385 bits per heavy atom. The van der Waals surface area contributed by atoms with Crippen LogP contribution < -0.4 is 31.9 Å². The van der Waals surface area contributed by atoms with Crippen LogP contribution in [0.2, 0.25) is 0 Å². The Labute approximate surface area is 584 Å². The first kappa shape index (κ1) is 85.5. The van der Waals surface area contributed by atoms with Crippen molar-refractivity contribution in [1.29, 1.82) is 0 Å². The van der Waals surface area contributed by atoms with Crippen LogP contribution in [0.3, 0.4) is 0 Å². The van der Waals surface area contributed by atoms with Crippen molar-refractivity contribution in [3.8, 4) is 0 Å². The van der Waals surface area contributed by atoms with Gasteiger partial charge in [-0.3, -0.25) is 28.8 Å². The molecule has 2 aliphatic heterocycles. The van der Waals surface area contributed by atoms with Gasteiger partial charge in [0.05, 0.1) is 61.9 Å². The average Bonchev–Trinajstić information content (AvgIpc) is 0.771. The molecule has 1 aromatic rings. The lowest BCUT2D eigenvalue weighted by Gasteiger charge is -2.42. The maximum Gasteiger partial charge on any atom is 0.253 e. The van der Waals surface area contributed by atoms with Gasteiger partial charge in [-0.1, -0.05) is 0 Å². The third kappa shape index (κ3) is 21.3. The van der Waals surface area contributed by atoms with Gasteiger partial charge in [-0.05, 0) is 74.2 Å². The van der Waals surface area contributed by atoms with Gasteiger partial charge in [0, 0.05) is 62.5 Å². The minimum atomic E-state index is -2.52. The molecule has 4 rings (SSSR count). The summed E-state index contributed by atoms with van der Waals surface area (Å²) >= 11 is 4.74. The second-order valence-electron chi connectivity index (χ2n) is 22.1. The largest absolute Gasteiger partial charge is 0.396 e. The number of hydrogen-bond acceptors (Lipinski definition) is 35. The molecule has 96 heavy (non-hydrogen) atoms. The molecule has 6 amide bonds. The maximum absolute atomic E-state index is 14.1. The van der Waals surface area contributed by atoms with Crippen molar-refractivity contribution in [3.63, 3.8) is 0 Å². The summed E-state index contributed by atoms with van der Waals surface area (Å²) in [5.74, 6) is -8.38. The van der Waals surface area contributed by atoms with Crippen LogP contribution >= 0.6 is 67.8 Å². The van der Waals surface area contributed by atoms with Crippen molar-refractivity contribution < 1.29 is 175 Å². The Bertz CT molecular complexity index is 2390. The number of nitrogens with one attached hydrogen (secondary N) is 6. The molecular formula is C52H83I3N6O35. The molecule has 3 aliphatic rings. The van der Waals surface area contributed by atoms with Crippen LogP contribution in [-0.4, -0.2) is 396 Å². The average molecular weight is 1730 g/mol. The van der Waals surface area contributed by atoms with Gasteiger partial charge in [0.1, 0.15) is 116 Å². The standard InChI is InChI=1S/C52H83I3N6O35/c53-24-21(45(86)56-1-4-59-48(89)37(81)34(78)42(15(68)9-63)92-18-7-14(8-62)27(71)31(75)28(18)72)25(54)23(47(88)58-3-6-61-50(91)39(83)36(80)44(17(70)11-65)96-52-41(85)33(77)30(74)20(13-67)94-52)26(55)22(24)46(87)57-2-5-60-49(90)38(82)35(79)43(16(69)10-64)95-51-40(84)32(76)29(73)19(12-66)93-51/h14-20,27-44,51-52,62-85H,1-13H2,(H,56,86)(H,57,87)(H,58,88)(H,59,89)(H,60,90)(H,61,91)/t14-,15-,16-,17-,18-,19-,20-,27+,28+,29+,30+,31+,32+,33+,34-,35-,36-,37-,38-,39-,40-,41-,42-,43-,44-,51+,52+/m1/s1. The molecule has 1 saturated carbocycles. The summed E-state index contributed by atoms with van der Waals surface area (Å²) in [6.45, 7) is -9.35. The SMILES string of the molecule is O=C(NCCNC(=O)[C@H](O)[C@@H](O)[C@H](O[C@@H]1O[C@H](CO)[C@H](O)[C@H](O)[C@H]1O)[C@H](O)CO)c1c(I)c(C(=O)NCCNC(=O)[C@H](O)[C@@H](O)[C@H](O[C@@H]2O[C@H](CO)[C@H](O)[C@H](O)[C@H]2O)[C@H](O)CO)c(I)c(C(=O)NCCNC(=O)[C@H](O)[C@@H](O)[C@H](O[C@@H]2C[C@H](CO)[C@H](O)[C@H](O)[C@H]2O)[C@H](O)CO)c1I. The van der Waals surface area contributed by atoms with Gasteiger partial charge in [0.2, 0.25) is 0 Å². The maximum atomic E-state index is 14.1. The van der Waals surface area contributed by atoms with Crippen LogP contribution in [0.25, 0.3) is 0 Å². The van der Waals surface area contributed by atoms with E-state index in [1.54, 1.807) is 67.8 Å². The van der Waals surface area contributed by atoms with Crippen LogP contribution in [-0.2, 0) is 38.1 Å². The zero-order valence-corrected chi connectivity index (χ0v) is 56.6. The fourth-order valence-corrected chi connectivity index (χ4v) is 14.5. The highest BCUT2D eigenvalue weighted by Crippen LogP contribution is 2.34. The fraction of sp³-hybridized carbons (Fsp3) is 0.769. The van der Waals surface area contributed by atoms with Crippen molar-refractivity contribution in [2.45, 2.75) is 165 Å². The van der Waals surface area contributed by atoms with Gasteiger partial charge in [-0.25, -0.2) is 0 Å². The lowest BCUT2D eigenvalue weighted by Crippen LogP contribution is -2.62. The van der Waals surface area contributed by atoms with E-state index in [9.17, 15) is 151 Å². The first-order chi connectivity index (χ1) is 45.1. The third-order valence-corrected chi connectivity index (χ3v) is 18.8. The molecule has 27 atom stereocenters. The molecule has 0 aromatic heterocycles. The molecule has 30 N–H and O–H groups in total. The van der Waals surface area contributed by atoms with E-state index in [0.717, 1.165) is 0 Å². The molecule has 2 saturated heterocycles. The van der Waals surface area contributed by atoms with E-state index >= 15 is 0 Å². The minimum Gasteiger partial charge on any atom is -0.396 e. The van der Waals surface area contributed by atoms with Gasteiger partial charge < -0.3 is 178 Å². The highest BCUT2D eigenvalue weighted by molar-refractivity contribution is 14.1. The lowest BCUT2D eigenvalue weighted by atomic mass is 9.81. The number of aliphatic hydroxyl groups is 24. The number of amides is 6. The van der Waals surface area contributed by atoms with Crippen LogP contribution in [0.1, 0.15) is 37.5 Å². The van der Waals surface area contributed by atoms with Crippen LogP contribution in [0.5, 0.6) is 0 Å². The molecular weight excluding hydrogens is 1650 g/mol. The summed E-state index contributed by atoms with van der Waals surface area (Å²) in [6.07, 6.45) is -53.8. The van der Waals surface area contributed by atoms with Crippen LogP contribution in [0, 0.1) is 16.6 Å². The summed E-state index contributed by atoms with van der Waals surface area (Å²) in [4.78, 5) is 81.8. The molecule has 0 spiro atoms. The molecule has 2 heterocycles. The molecule has 0 unspecified atom stereocenters. The van der Waals surface area contributed by atoms with E-state index < -0.39 is 279 Å². The predicted octanol–water partition coefficient (Wildman–Crippen LogP) is -16.5. The topological polar surface area (TPSA) is 706 Å². The monoisotopic (exact) mass is 1730 g/mol. The Kier molecular flexibility index (Phi) is 35.7. The van der Waals surface area contributed by atoms with Crippen molar-refractivity contribution in [2.24, 2.45) is 5.92 Å². The van der Waals surface area contributed by atoms with E-state index in [1.165, 1.54) is 0 Å². The number of halogens is 3. The minimum absolute atomic E-state index is 0.158. The quantitative estimate of drug-likeness (QED) is 0.0219. The van der Waals surface area contributed by atoms with E-state index in [4.69, 9.17) is 23.7 Å². The highest BCUT2D eigenvalue weighted by atomic mass is 127. The summed E-state index contributed by atoms with van der Waals surface area (Å²) in [5.41, 5.74) is -1.16. The molecule has 552 valence electrons. The molecule has 0 radical (unpaired) electrons. The Morgan fingerprint density at radius 3 is 0.948 bits per heavy atom. The second kappa shape index (κ2) is 40.1. The molecule has 41 nitrogen and oxygen atoms in total. The van der Waals surface area contributed by atoms with E-state index in [0.29, 0.717) is 0 Å². The van der Waals surface area contributed by atoms with Crippen molar-refractivity contribution in [1.82, 2.24) is 31.9 Å². The van der Waals surface area contributed by atoms with E-state index in [-0.39, 0.29) is 33.8 Å². The third-order valence-electron chi connectivity index (χ3n) is 15.6. The summed E-state index contributed by atoms with van der Waals surface area (Å²) in [7, 11) is 0. The predicted molar refractivity (Wildman–Crippen MR) is 335 cm³/mol. The van der Waals surface area contributed by atoms with Crippen LogP contribution in [0.15, 0.2) is 0 Å².